The predicted octanol–water partition coefficient (Wildman–Crippen LogP) is 2.66. The minimum absolute atomic E-state index is 0.249. The molecule has 1 aromatic carbocycles. The molecular weight excluding hydrogens is 365 g/mol. The molecule has 1 saturated heterocycles. The molecule has 3 rings (SSSR count). The van der Waals surface area contributed by atoms with Crippen LogP contribution in [0.3, 0.4) is 0 Å². The zero-order valence-electron chi connectivity index (χ0n) is 12.2. The van der Waals surface area contributed by atoms with E-state index in [-0.39, 0.29) is 11.8 Å². The summed E-state index contributed by atoms with van der Waals surface area (Å²) in [5.41, 5.74) is 3.65. The molecular formula is C15H15BrFN5O. The zero-order valence-corrected chi connectivity index (χ0v) is 13.8. The molecule has 0 bridgehead atoms. The van der Waals surface area contributed by atoms with Gasteiger partial charge in [0.05, 0.1) is 25.6 Å². The molecule has 1 aliphatic rings. The second-order valence-electron chi connectivity index (χ2n) is 4.89. The molecule has 0 saturated carbocycles. The van der Waals surface area contributed by atoms with Crippen LogP contribution in [0.1, 0.15) is 5.56 Å². The number of aromatic nitrogens is 2. The van der Waals surface area contributed by atoms with E-state index in [2.05, 4.69) is 36.4 Å². The van der Waals surface area contributed by atoms with E-state index >= 15 is 0 Å². The van der Waals surface area contributed by atoms with E-state index in [0.717, 1.165) is 16.2 Å². The summed E-state index contributed by atoms with van der Waals surface area (Å²) >= 11 is 3.40. The van der Waals surface area contributed by atoms with Crippen LogP contribution in [-0.4, -0.2) is 42.5 Å². The van der Waals surface area contributed by atoms with Crippen LogP contribution >= 0.6 is 15.9 Å². The maximum absolute atomic E-state index is 13.9. The Morgan fingerprint density at radius 2 is 2.17 bits per heavy atom. The lowest BCUT2D eigenvalue weighted by Gasteiger charge is -2.27. The van der Waals surface area contributed by atoms with Crippen molar-refractivity contribution >= 4 is 33.9 Å². The van der Waals surface area contributed by atoms with Crippen molar-refractivity contribution in [3.8, 4) is 0 Å². The number of nitrogens with zero attached hydrogens (tertiary/aromatic N) is 4. The third-order valence-electron chi connectivity index (χ3n) is 3.26. The first-order valence-electron chi connectivity index (χ1n) is 7.12. The quantitative estimate of drug-likeness (QED) is 0.653. The van der Waals surface area contributed by atoms with Gasteiger partial charge in [-0.15, -0.1) is 0 Å². The van der Waals surface area contributed by atoms with Crippen molar-refractivity contribution in [3.63, 3.8) is 0 Å². The number of morpholine rings is 1. The predicted molar refractivity (Wildman–Crippen MR) is 90.4 cm³/mol. The third kappa shape index (κ3) is 4.23. The van der Waals surface area contributed by atoms with Crippen molar-refractivity contribution in [2.75, 3.05) is 36.6 Å². The maximum atomic E-state index is 13.9. The Hall–Kier alpha value is -2.06. The van der Waals surface area contributed by atoms with Gasteiger partial charge in [-0.2, -0.15) is 10.1 Å². The van der Waals surface area contributed by atoms with Crippen molar-refractivity contribution < 1.29 is 9.13 Å². The summed E-state index contributed by atoms with van der Waals surface area (Å²) in [7, 11) is 0. The lowest BCUT2D eigenvalue weighted by Crippen LogP contribution is -2.37. The smallest absolute Gasteiger partial charge is 0.245 e. The first-order chi connectivity index (χ1) is 11.2. The van der Waals surface area contributed by atoms with E-state index in [0.29, 0.717) is 26.3 Å². The summed E-state index contributed by atoms with van der Waals surface area (Å²) < 4.78 is 20.1. The third-order valence-corrected chi connectivity index (χ3v) is 3.76. The van der Waals surface area contributed by atoms with Gasteiger partial charge in [0.2, 0.25) is 5.95 Å². The first-order valence-corrected chi connectivity index (χ1v) is 7.91. The Morgan fingerprint density at radius 1 is 1.35 bits per heavy atom. The number of hydrogen-bond donors (Lipinski definition) is 1. The number of nitrogens with one attached hydrogen (secondary N) is 1. The second-order valence-corrected chi connectivity index (χ2v) is 5.81. The van der Waals surface area contributed by atoms with Crippen molar-refractivity contribution in [1.29, 1.82) is 0 Å². The zero-order chi connectivity index (χ0) is 16.1. The summed E-state index contributed by atoms with van der Waals surface area (Å²) in [5, 5.41) is 4.08. The van der Waals surface area contributed by atoms with Crippen LogP contribution in [0.5, 0.6) is 0 Å². The normalized spacial score (nSPS) is 15.1. The summed E-state index contributed by atoms with van der Waals surface area (Å²) in [6.45, 7) is 2.34. The number of rotatable bonds is 4. The highest BCUT2D eigenvalue weighted by atomic mass is 79.9. The summed E-state index contributed by atoms with van der Waals surface area (Å²) in [6, 6.07) is 7.69. The van der Waals surface area contributed by atoms with Crippen LogP contribution in [0, 0.1) is 5.82 Å². The maximum Gasteiger partial charge on any atom is 0.245 e. The Kier molecular flexibility index (Phi) is 5.14. The van der Waals surface area contributed by atoms with Crippen molar-refractivity contribution in [2.45, 2.75) is 0 Å². The monoisotopic (exact) mass is 379 g/mol. The van der Waals surface area contributed by atoms with Crippen LogP contribution in [-0.2, 0) is 4.74 Å². The molecule has 0 spiro atoms. The minimum atomic E-state index is -0.451. The lowest BCUT2D eigenvalue weighted by atomic mass is 10.2. The Bertz CT molecular complexity index is 706. The lowest BCUT2D eigenvalue weighted by molar-refractivity contribution is 0.122. The van der Waals surface area contributed by atoms with Gasteiger partial charge in [0, 0.05) is 17.6 Å². The number of ether oxygens (including phenoxy) is 1. The standard InChI is InChI=1S/C15H15BrFN5O/c16-12-3-1-2-11(8-12)9-19-21-15-18-10-13(17)14(20-15)22-4-6-23-7-5-22/h1-3,8-10H,4-7H2,(H,18,20,21). The van der Waals surface area contributed by atoms with Crippen LogP contribution in [0.4, 0.5) is 16.2 Å². The fraction of sp³-hybridized carbons (Fsp3) is 0.267. The summed E-state index contributed by atoms with van der Waals surface area (Å²) in [4.78, 5) is 9.94. The SMILES string of the molecule is Fc1cnc(NN=Cc2cccc(Br)c2)nc1N1CCOCC1. The Labute approximate surface area is 141 Å². The number of benzene rings is 1. The number of hydrazone groups is 1. The van der Waals surface area contributed by atoms with E-state index in [4.69, 9.17) is 4.74 Å². The Balaban J connectivity index is 1.70. The fourth-order valence-electron chi connectivity index (χ4n) is 2.16. The topological polar surface area (TPSA) is 62.6 Å². The second kappa shape index (κ2) is 7.47. The van der Waals surface area contributed by atoms with Gasteiger partial charge in [0.1, 0.15) is 0 Å². The molecule has 23 heavy (non-hydrogen) atoms. The van der Waals surface area contributed by atoms with Gasteiger partial charge in [-0.1, -0.05) is 28.1 Å². The largest absolute Gasteiger partial charge is 0.378 e. The molecule has 6 nitrogen and oxygen atoms in total. The highest BCUT2D eigenvalue weighted by Gasteiger charge is 2.17. The van der Waals surface area contributed by atoms with Crippen LogP contribution in [0.2, 0.25) is 0 Å². The van der Waals surface area contributed by atoms with E-state index < -0.39 is 5.82 Å². The van der Waals surface area contributed by atoms with Gasteiger partial charge in [-0.25, -0.2) is 14.8 Å². The van der Waals surface area contributed by atoms with Crippen molar-refractivity contribution in [2.24, 2.45) is 5.10 Å². The van der Waals surface area contributed by atoms with Crippen LogP contribution in [0.25, 0.3) is 0 Å². The number of hydrogen-bond acceptors (Lipinski definition) is 6. The average Bonchev–Trinajstić information content (AvgIpc) is 2.57. The van der Waals surface area contributed by atoms with Crippen molar-refractivity contribution in [3.05, 3.63) is 46.3 Å². The molecule has 1 N–H and O–H groups in total. The fourth-order valence-corrected chi connectivity index (χ4v) is 2.58. The molecule has 0 unspecified atom stereocenters. The van der Waals surface area contributed by atoms with Gasteiger partial charge < -0.3 is 9.64 Å². The molecule has 2 heterocycles. The molecule has 0 atom stereocenters. The molecule has 1 fully saturated rings. The molecule has 8 heteroatoms. The molecule has 1 aromatic heterocycles. The molecule has 2 aromatic rings. The molecule has 0 amide bonds. The highest BCUT2D eigenvalue weighted by molar-refractivity contribution is 9.10. The molecule has 1 aliphatic heterocycles. The number of anilines is 2. The van der Waals surface area contributed by atoms with Gasteiger partial charge in [-0.05, 0) is 17.7 Å². The summed E-state index contributed by atoms with van der Waals surface area (Å²) in [5.74, 6) is 0.0658. The average molecular weight is 380 g/mol. The first kappa shape index (κ1) is 15.8. The molecule has 0 radical (unpaired) electrons. The highest BCUT2D eigenvalue weighted by Crippen LogP contribution is 2.18. The van der Waals surface area contributed by atoms with Crippen LogP contribution < -0.4 is 10.3 Å². The van der Waals surface area contributed by atoms with Gasteiger partial charge in [0.25, 0.3) is 0 Å². The Morgan fingerprint density at radius 3 is 2.96 bits per heavy atom. The summed E-state index contributed by atoms with van der Waals surface area (Å²) in [6.07, 6.45) is 2.79. The van der Waals surface area contributed by atoms with Gasteiger partial charge >= 0.3 is 0 Å². The van der Waals surface area contributed by atoms with Gasteiger partial charge in [0.15, 0.2) is 11.6 Å². The van der Waals surface area contributed by atoms with Gasteiger partial charge in [-0.3, -0.25) is 0 Å². The van der Waals surface area contributed by atoms with Crippen LogP contribution in [0.15, 0.2) is 40.0 Å². The molecule has 120 valence electrons. The van der Waals surface area contributed by atoms with E-state index in [9.17, 15) is 4.39 Å². The van der Waals surface area contributed by atoms with E-state index in [1.165, 1.54) is 0 Å². The number of halogens is 2. The van der Waals surface area contributed by atoms with Crippen molar-refractivity contribution in [1.82, 2.24) is 9.97 Å². The molecule has 0 aliphatic carbocycles. The minimum Gasteiger partial charge on any atom is -0.378 e. The van der Waals surface area contributed by atoms with E-state index in [1.807, 2.05) is 29.2 Å². The van der Waals surface area contributed by atoms with E-state index in [1.54, 1.807) is 6.21 Å².